The van der Waals surface area contributed by atoms with E-state index in [9.17, 15) is 9.18 Å². The number of rotatable bonds is 1. The number of halogens is 2. The quantitative estimate of drug-likeness (QED) is 0.811. The van der Waals surface area contributed by atoms with Crippen LogP contribution in [0.3, 0.4) is 0 Å². The maximum Gasteiger partial charge on any atom is 0.407 e. The number of nitrogens with zero attached hydrogens (tertiary/aromatic N) is 2. The van der Waals surface area contributed by atoms with Crippen LogP contribution in [0.15, 0.2) is 22.8 Å². The first kappa shape index (κ1) is 12.3. The van der Waals surface area contributed by atoms with Crippen molar-refractivity contribution in [3.8, 4) is 0 Å². The molecule has 0 radical (unpaired) electrons. The highest BCUT2D eigenvalue weighted by Crippen LogP contribution is 2.31. The molecular formula is C11H12BrFN2O2. The van der Waals surface area contributed by atoms with Gasteiger partial charge in [0.2, 0.25) is 0 Å². The summed E-state index contributed by atoms with van der Waals surface area (Å²) in [6, 6.07) is 4.76. The third-order valence-corrected chi connectivity index (χ3v) is 3.30. The summed E-state index contributed by atoms with van der Waals surface area (Å²) < 4.78 is 14.0. The summed E-state index contributed by atoms with van der Waals surface area (Å²) in [5, 5.41) is 9.09. The van der Waals surface area contributed by atoms with Crippen LogP contribution in [0.25, 0.3) is 0 Å². The smallest absolute Gasteiger partial charge is 0.407 e. The standard InChI is InChI=1S/C11H12BrFN2O2/c12-10-3-1-2-8(14-10)9-6-7(13)4-5-15(9)11(16)17/h1-3,7,9H,4-6H2,(H,16,17). The molecule has 0 aromatic carbocycles. The zero-order valence-corrected chi connectivity index (χ0v) is 10.6. The lowest BCUT2D eigenvalue weighted by molar-refractivity contribution is 0.0764. The molecule has 0 saturated carbocycles. The SMILES string of the molecule is O=C(O)N1CCC(F)CC1c1cccc(Br)n1. The Hall–Kier alpha value is -1.17. The van der Waals surface area contributed by atoms with Crippen LogP contribution in [0.5, 0.6) is 0 Å². The van der Waals surface area contributed by atoms with Crippen LogP contribution in [0, 0.1) is 0 Å². The number of likely N-dealkylation sites (tertiary alicyclic amines) is 1. The number of aromatic nitrogens is 1. The first-order valence-electron chi connectivity index (χ1n) is 5.34. The number of alkyl halides is 1. The van der Waals surface area contributed by atoms with Crippen molar-refractivity contribution < 1.29 is 14.3 Å². The molecule has 2 unspecified atom stereocenters. The predicted octanol–water partition coefficient (Wildman–Crippen LogP) is 3.00. The second kappa shape index (κ2) is 5.00. The lowest BCUT2D eigenvalue weighted by Crippen LogP contribution is -2.41. The zero-order valence-electron chi connectivity index (χ0n) is 9.01. The van der Waals surface area contributed by atoms with Gasteiger partial charge in [0.05, 0.1) is 11.7 Å². The van der Waals surface area contributed by atoms with E-state index in [1.807, 2.05) is 0 Å². The molecule has 0 bridgehead atoms. The number of pyridine rings is 1. The van der Waals surface area contributed by atoms with Crippen LogP contribution < -0.4 is 0 Å². The van der Waals surface area contributed by atoms with Crippen molar-refractivity contribution in [2.45, 2.75) is 25.1 Å². The van der Waals surface area contributed by atoms with Crippen molar-refractivity contribution in [1.29, 1.82) is 0 Å². The molecule has 4 nitrogen and oxygen atoms in total. The molecule has 6 heteroatoms. The highest BCUT2D eigenvalue weighted by molar-refractivity contribution is 9.10. The number of hydrogen-bond acceptors (Lipinski definition) is 2. The molecule has 2 heterocycles. The Balaban J connectivity index is 2.28. The van der Waals surface area contributed by atoms with Gasteiger partial charge in [0, 0.05) is 13.0 Å². The van der Waals surface area contributed by atoms with Crippen LogP contribution in [-0.2, 0) is 0 Å². The third-order valence-electron chi connectivity index (χ3n) is 2.86. The first-order valence-corrected chi connectivity index (χ1v) is 6.13. The van der Waals surface area contributed by atoms with E-state index in [2.05, 4.69) is 20.9 Å². The van der Waals surface area contributed by atoms with E-state index in [4.69, 9.17) is 5.11 Å². The topological polar surface area (TPSA) is 53.4 Å². The normalized spacial score (nSPS) is 24.7. The van der Waals surface area contributed by atoms with Crippen molar-refractivity contribution >= 4 is 22.0 Å². The molecule has 1 amide bonds. The van der Waals surface area contributed by atoms with E-state index < -0.39 is 18.3 Å². The molecule has 1 fully saturated rings. The van der Waals surface area contributed by atoms with Crippen molar-refractivity contribution in [3.05, 3.63) is 28.5 Å². The number of piperidine rings is 1. The fraction of sp³-hybridized carbons (Fsp3) is 0.455. The van der Waals surface area contributed by atoms with Crippen LogP contribution >= 0.6 is 15.9 Å². The van der Waals surface area contributed by atoms with E-state index in [1.165, 1.54) is 4.90 Å². The number of hydrogen-bond donors (Lipinski definition) is 1. The molecule has 1 N–H and O–H groups in total. The van der Waals surface area contributed by atoms with Crippen LogP contribution in [0.4, 0.5) is 9.18 Å². The van der Waals surface area contributed by atoms with E-state index >= 15 is 0 Å². The Morgan fingerprint density at radius 3 is 3.00 bits per heavy atom. The van der Waals surface area contributed by atoms with Crippen molar-refractivity contribution in [3.63, 3.8) is 0 Å². The minimum atomic E-state index is -1.02. The van der Waals surface area contributed by atoms with Crippen LogP contribution in [-0.4, -0.2) is 33.8 Å². The maximum atomic E-state index is 13.4. The van der Waals surface area contributed by atoms with Crippen LogP contribution in [0.2, 0.25) is 0 Å². The Labute approximate surface area is 107 Å². The molecule has 0 aliphatic carbocycles. The average Bonchev–Trinajstić information content (AvgIpc) is 2.28. The summed E-state index contributed by atoms with van der Waals surface area (Å²) in [6.07, 6.45) is -1.55. The van der Waals surface area contributed by atoms with Gasteiger partial charge in [-0.25, -0.2) is 14.2 Å². The molecule has 1 aliphatic heterocycles. The number of amides is 1. The van der Waals surface area contributed by atoms with Crippen molar-refractivity contribution in [2.75, 3.05) is 6.54 Å². The zero-order chi connectivity index (χ0) is 12.4. The van der Waals surface area contributed by atoms with Gasteiger partial charge in [-0.1, -0.05) is 6.07 Å². The van der Waals surface area contributed by atoms with Gasteiger partial charge in [0.1, 0.15) is 10.8 Å². The predicted molar refractivity (Wildman–Crippen MR) is 63.5 cm³/mol. The largest absolute Gasteiger partial charge is 0.465 e. The fourth-order valence-corrected chi connectivity index (χ4v) is 2.40. The van der Waals surface area contributed by atoms with Gasteiger partial charge in [-0.15, -0.1) is 0 Å². The van der Waals surface area contributed by atoms with Gasteiger partial charge in [-0.3, -0.25) is 4.90 Å². The summed E-state index contributed by atoms with van der Waals surface area (Å²) in [5.74, 6) is 0. The molecule has 2 rings (SSSR count). The first-order chi connectivity index (χ1) is 8.08. The summed E-state index contributed by atoms with van der Waals surface area (Å²) in [7, 11) is 0. The third kappa shape index (κ3) is 2.74. The van der Waals surface area contributed by atoms with Crippen molar-refractivity contribution in [2.24, 2.45) is 0 Å². The molecular weight excluding hydrogens is 291 g/mol. The molecule has 1 aliphatic rings. The Morgan fingerprint density at radius 2 is 2.35 bits per heavy atom. The maximum absolute atomic E-state index is 13.4. The monoisotopic (exact) mass is 302 g/mol. The van der Waals surface area contributed by atoms with Gasteiger partial charge in [-0.05, 0) is 34.5 Å². The molecule has 0 spiro atoms. The Morgan fingerprint density at radius 1 is 1.59 bits per heavy atom. The van der Waals surface area contributed by atoms with E-state index in [0.29, 0.717) is 10.3 Å². The van der Waals surface area contributed by atoms with E-state index in [-0.39, 0.29) is 19.4 Å². The van der Waals surface area contributed by atoms with Gasteiger partial charge in [0.25, 0.3) is 0 Å². The highest BCUT2D eigenvalue weighted by Gasteiger charge is 2.33. The minimum absolute atomic E-state index is 0.176. The summed E-state index contributed by atoms with van der Waals surface area (Å²) in [5.41, 5.74) is 0.587. The Bertz CT molecular complexity index is 430. The lowest BCUT2D eigenvalue weighted by atomic mass is 9.98. The van der Waals surface area contributed by atoms with Gasteiger partial charge in [0.15, 0.2) is 0 Å². The summed E-state index contributed by atoms with van der Waals surface area (Å²) >= 11 is 3.23. The highest BCUT2D eigenvalue weighted by atomic mass is 79.9. The number of carboxylic acid groups (broad SMARTS) is 1. The summed E-state index contributed by atoms with van der Waals surface area (Å²) in [6.45, 7) is 0.218. The lowest BCUT2D eigenvalue weighted by Gasteiger charge is -2.34. The number of carbonyl (C=O) groups is 1. The second-order valence-electron chi connectivity index (χ2n) is 4.00. The Kier molecular flexibility index (Phi) is 3.61. The minimum Gasteiger partial charge on any atom is -0.465 e. The van der Waals surface area contributed by atoms with E-state index in [1.54, 1.807) is 18.2 Å². The van der Waals surface area contributed by atoms with Gasteiger partial charge >= 0.3 is 6.09 Å². The summed E-state index contributed by atoms with van der Waals surface area (Å²) in [4.78, 5) is 16.6. The second-order valence-corrected chi connectivity index (χ2v) is 4.81. The van der Waals surface area contributed by atoms with E-state index in [0.717, 1.165) is 0 Å². The molecule has 17 heavy (non-hydrogen) atoms. The fourth-order valence-electron chi connectivity index (χ4n) is 2.04. The molecule has 1 saturated heterocycles. The van der Waals surface area contributed by atoms with Crippen LogP contribution in [0.1, 0.15) is 24.6 Å². The van der Waals surface area contributed by atoms with Gasteiger partial charge < -0.3 is 5.11 Å². The van der Waals surface area contributed by atoms with Crippen molar-refractivity contribution in [1.82, 2.24) is 9.88 Å². The molecule has 1 aromatic rings. The molecule has 92 valence electrons. The molecule has 2 atom stereocenters. The van der Waals surface area contributed by atoms with Gasteiger partial charge in [-0.2, -0.15) is 0 Å². The average molecular weight is 303 g/mol. The molecule has 1 aromatic heterocycles.